The molecular weight excluding hydrogens is 721 g/mol. The summed E-state index contributed by atoms with van der Waals surface area (Å²) in [6, 6.07) is 10.5. The molecule has 0 aliphatic rings. The Balaban J connectivity index is 1.89. The predicted molar refractivity (Wildman–Crippen MR) is 100 cm³/mol. The van der Waals surface area contributed by atoms with Gasteiger partial charge in [0.15, 0.2) is 0 Å². The minimum absolute atomic E-state index is 0.0756. The Morgan fingerprint density at radius 1 is 1.23 bits per heavy atom. The maximum atomic E-state index is 11.9. The van der Waals surface area contributed by atoms with Gasteiger partial charge in [-0.3, -0.25) is 0 Å². The van der Waals surface area contributed by atoms with Gasteiger partial charge in [-0.1, -0.05) is 0 Å². The van der Waals surface area contributed by atoms with E-state index in [0.717, 1.165) is 70.1 Å². The molecule has 0 bridgehead atoms. The van der Waals surface area contributed by atoms with E-state index in [0.29, 0.717) is 6.54 Å². The third-order valence-electron chi connectivity index (χ3n) is 4.21. The number of benzene rings is 1. The molecule has 0 aliphatic heterocycles. The molecule has 134 valence electrons. The number of nitrogens with one attached hydrogen (secondary N) is 1. The number of carbonyl (C=O) groups is 2. The summed E-state index contributed by atoms with van der Waals surface area (Å²) in [5.41, 5.74) is 0.908. The van der Waals surface area contributed by atoms with Gasteiger partial charge in [-0.05, 0) is 0 Å². The molecular formula is C18H21N3O3Pb2. The molecule has 2 rings (SSSR count). The number of hydrogen-bond acceptors (Lipinski definition) is 3. The zero-order valence-electron chi connectivity index (χ0n) is 14.8. The van der Waals surface area contributed by atoms with Crippen LogP contribution in [0.15, 0.2) is 42.9 Å². The molecule has 0 saturated carbocycles. The third-order valence-corrected chi connectivity index (χ3v) is 8.46. The van der Waals surface area contributed by atoms with Crippen LogP contribution < -0.4 is 5.32 Å². The first-order valence-corrected chi connectivity index (χ1v) is 12.1. The molecule has 0 aliphatic carbocycles. The van der Waals surface area contributed by atoms with Crippen LogP contribution in [0.1, 0.15) is 31.5 Å². The number of aromatic nitrogens is 2. The van der Waals surface area contributed by atoms with Crippen LogP contribution >= 0.6 is 0 Å². The number of carboxylic acid groups (broad SMARTS) is 1. The number of amides is 1. The van der Waals surface area contributed by atoms with Gasteiger partial charge in [0, 0.05) is 0 Å². The number of carbonyl (C=O) groups excluding carboxylic acids is 1. The number of aryl methyl sites for hydroxylation is 1. The van der Waals surface area contributed by atoms with Crippen molar-refractivity contribution in [3.63, 3.8) is 0 Å². The number of hydrogen-bond donors (Lipinski definition) is 2. The van der Waals surface area contributed by atoms with Crippen LogP contribution in [-0.2, 0) is 16.7 Å². The number of nitrogens with zero attached hydrogens (tertiary/aromatic N) is 2. The first-order valence-electron chi connectivity index (χ1n) is 8.26. The number of aliphatic carboxylic acids is 1. The Bertz CT molecular complexity index is 773. The summed E-state index contributed by atoms with van der Waals surface area (Å²) in [4.78, 5) is 27.5. The van der Waals surface area contributed by atoms with Gasteiger partial charge in [-0.2, -0.15) is 0 Å². The van der Waals surface area contributed by atoms with E-state index in [1.165, 1.54) is 19.4 Å². The van der Waals surface area contributed by atoms with Crippen molar-refractivity contribution in [2.45, 2.75) is 27.3 Å². The predicted octanol–water partition coefficient (Wildman–Crippen LogP) is 1.04. The van der Waals surface area contributed by atoms with Gasteiger partial charge in [0.25, 0.3) is 0 Å². The Labute approximate surface area is 185 Å². The van der Waals surface area contributed by atoms with E-state index in [4.69, 9.17) is 5.11 Å². The van der Waals surface area contributed by atoms with E-state index in [9.17, 15) is 9.59 Å². The molecule has 0 saturated heterocycles. The molecule has 8 heteroatoms. The second kappa shape index (κ2) is 8.94. The Kier molecular flexibility index (Phi) is 7.39. The molecule has 1 heterocycles. The minimum atomic E-state index is -1.41. The van der Waals surface area contributed by atoms with Gasteiger partial charge in [0.2, 0.25) is 0 Å². The number of rotatable bonds is 8. The molecule has 6 nitrogen and oxygen atoms in total. The Morgan fingerprint density at radius 3 is 2.50 bits per heavy atom. The van der Waals surface area contributed by atoms with Crippen LogP contribution in [0.4, 0.5) is 0 Å². The van der Waals surface area contributed by atoms with Crippen LogP contribution in [0.3, 0.4) is 0 Å². The standard InChI is InChI=1S/C18H21N3O3.2Pb/c1-18(2,17(23)24)16(22)19-10-6-9-15-12-21(13-20-15)11-14-7-4-3-5-8-14;;/h3-5,7-8,12-13H,6,9-10H2,1-2H3,(H,19,22)(H,23,24);;. The van der Waals surface area contributed by atoms with E-state index >= 15 is 0 Å². The van der Waals surface area contributed by atoms with E-state index in [1.807, 2.05) is 12.4 Å². The maximum absolute atomic E-state index is 11.9. The van der Waals surface area contributed by atoms with Crippen molar-refractivity contribution in [2.24, 2.45) is 5.41 Å². The summed E-state index contributed by atoms with van der Waals surface area (Å²) in [7, 11) is 0. The molecule has 2 aromatic rings. The number of imidazole rings is 1. The van der Waals surface area contributed by atoms with Crippen molar-refractivity contribution in [2.75, 3.05) is 6.54 Å². The summed E-state index contributed by atoms with van der Waals surface area (Å²) in [5.74, 6) is -1.58. The fourth-order valence-corrected chi connectivity index (χ4v) is 4.54. The van der Waals surface area contributed by atoms with Crippen molar-refractivity contribution in [1.29, 1.82) is 0 Å². The van der Waals surface area contributed by atoms with E-state index in [2.05, 4.69) is 45.3 Å². The second-order valence-electron chi connectivity index (χ2n) is 6.64. The van der Waals surface area contributed by atoms with E-state index in [1.54, 1.807) is 0 Å². The summed E-state index contributed by atoms with van der Waals surface area (Å²) in [6.07, 6.45) is 5.46. The first kappa shape index (κ1) is 21.5. The van der Waals surface area contributed by atoms with Crippen LogP contribution in [0, 0.1) is 5.41 Å². The summed E-state index contributed by atoms with van der Waals surface area (Å²) in [6.45, 7) is 3.26. The van der Waals surface area contributed by atoms with Crippen molar-refractivity contribution >= 4 is 63.4 Å². The fourth-order valence-electron chi connectivity index (χ4n) is 2.29. The van der Waals surface area contributed by atoms with Gasteiger partial charge >= 0.3 is 186 Å². The normalized spacial score (nSPS) is 12.0. The average molecular weight is 742 g/mol. The van der Waals surface area contributed by atoms with Gasteiger partial charge in [-0.15, -0.1) is 0 Å². The topological polar surface area (TPSA) is 84.2 Å². The summed E-state index contributed by atoms with van der Waals surface area (Å²) < 4.78 is 2.29. The van der Waals surface area contributed by atoms with E-state index < -0.39 is 17.3 Å². The molecule has 0 fully saturated rings. The van der Waals surface area contributed by atoms with Gasteiger partial charge in [-0.25, -0.2) is 0 Å². The van der Waals surface area contributed by atoms with Crippen LogP contribution in [0.5, 0.6) is 0 Å². The van der Waals surface area contributed by atoms with Crippen LogP contribution in [0.25, 0.3) is 0 Å². The average Bonchev–Trinajstić information content (AvgIpc) is 3.08. The van der Waals surface area contributed by atoms with Gasteiger partial charge in [0.05, 0.1) is 0 Å². The molecule has 0 unspecified atom stereocenters. The second-order valence-corrected chi connectivity index (χ2v) is 19.8. The van der Waals surface area contributed by atoms with Crippen molar-refractivity contribution in [1.82, 2.24) is 14.9 Å². The number of carboxylic acids is 1. The molecule has 2 N–H and O–H groups in total. The molecule has 26 heavy (non-hydrogen) atoms. The van der Waals surface area contributed by atoms with Crippen molar-refractivity contribution in [3.8, 4) is 0 Å². The van der Waals surface area contributed by atoms with Crippen LogP contribution in [0.2, 0.25) is 0 Å². The molecule has 6 radical (unpaired) electrons. The molecule has 1 aromatic heterocycles. The monoisotopic (exact) mass is 743 g/mol. The SMILES string of the molecule is CC(C)(C(=O)O)C(=O)NCCCc1cn([C]([Pb])([Pb])c2ccccc2)cn1. The summed E-state index contributed by atoms with van der Waals surface area (Å²) >= 11 is 2.01. The molecule has 0 spiro atoms. The van der Waals surface area contributed by atoms with Gasteiger partial charge < -0.3 is 0 Å². The van der Waals surface area contributed by atoms with Gasteiger partial charge in [0.1, 0.15) is 0 Å². The quantitative estimate of drug-likeness (QED) is 0.241. The molecule has 1 amide bonds. The molecule has 0 atom stereocenters. The Hall–Kier alpha value is -0.786. The fraction of sp³-hybridized carbons (Fsp3) is 0.389. The van der Waals surface area contributed by atoms with E-state index in [-0.39, 0.29) is 0.657 Å². The van der Waals surface area contributed by atoms with Crippen molar-refractivity contribution < 1.29 is 14.7 Å². The Morgan fingerprint density at radius 2 is 1.88 bits per heavy atom. The first-order chi connectivity index (χ1) is 12.2. The third kappa shape index (κ3) is 5.14. The summed E-state index contributed by atoms with van der Waals surface area (Å²) in [5, 5.41) is 11.7. The van der Waals surface area contributed by atoms with Crippen LogP contribution in [-0.4, -0.2) is 84.6 Å². The zero-order valence-corrected chi connectivity index (χ0v) is 22.6. The molecule has 1 aromatic carbocycles. The zero-order chi connectivity index (χ0) is 19.4. The van der Waals surface area contributed by atoms with Crippen molar-refractivity contribution in [3.05, 3.63) is 54.1 Å².